The van der Waals surface area contributed by atoms with Crippen LogP contribution in [0.2, 0.25) is 5.15 Å². The highest BCUT2D eigenvalue weighted by Crippen LogP contribution is 2.26. The van der Waals surface area contributed by atoms with Crippen LogP contribution in [0, 0.1) is 0 Å². The second-order valence-electron chi connectivity index (χ2n) is 4.72. The smallest absolute Gasteiger partial charge is 0.153 e. The molecule has 1 fully saturated rings. The minimum absolute atomic E-state index is 0.460. The van der Waals surface area contributed by atoms with Crippen LogP contribution in [0.15, 0.2) is 12.1 Å². The molecule has 1 saturated heterocycles. The Morgan fingerprint density at radius 1 is 1.53 bits per heavy atom. The number of piperidine rings is 1. The standard InChI is InChI=1S/C12H19ClN4/c1-16-7-3-4-9(8-16)17(2)12-10(14)5-6-11(13)15-12/h5-6,9H,3-4,7-8,14H2,1-2H3. The van der Waals surface area contributed by atoms with E-state index in [0.717, 1.165) is 12.4 Å². The maximum atomic E-state index is 5.96. The van der Waals surface area contributed by atoms with Gasteiger partial charge in [-0.1, -0.05) is 11.6 Å². The van der Waals surface area contributed by atoms with Crippen molar-refractivity contribution in [3.8, 4) is 0 Å². The first kappa shape index (κ1) is 12.5. The normalized spacial score (nSPS) is 21.5. The van der Waals surface area contributed by atoms with E-state index >= 15 is 0 Å². The number of likely N-dealkylation sites (N-methyl/N-ethyl adjacent to an activating group) is 2. The molecule has 1 aromatic heterocycles. The van der Waals surface area contributed by atoms with Gasteiger partial charge in [0.1, 0.15) is 5.15 Å². The first-order chi connectivity index (χ1) is 8.08. The summed E-state index contributed by atoms with van der Waals surface area (Å²) in [6.07, 6.45) is 2.39. The third-order valence-electron chi connectivity index (χ3n) is 3.35. The summed E-state index contributed by atoms with van der Waals surface area (Å²) >= 11 is 5.92. The van der Waals surface area contributed by atoms with E-state index in [4.69, 9.17) is 17.3 Å². The van der Waals surface area contributed by atoms with E-state index in [1.54, 1.807) is 6.07 Å². The molecule has 0 aromatic carbocycles. The van der Waals surface area contributed by atoms with Gasteiger partial charge < -0.3 is 15.5 Å². The molecule has 0 aliphatic carbocycles. The fourth-order valence-electron chi connectivity index (χ4n) is 2.35. The Morgan fingerprint density at radius 2 is 2.29 bits per heavy atom. The minimum atomic E-state index is 0.460. The highest BCUT2D eigenvalue weighted by Gasteiger charge is 2.23. The fourth-order valence-corrected chi connectivity index (χ4v) is 2.49. The van der Waals surface area contributed by atoms with Gasteiger partial charge in [0.15, 0.2) is 5.82 Å². The molecule has 2 rings (SSSR count). The van der Waals surface area contributed by atoms with Gasteiger partial charge in [-0.25, -0.2) is 4.98 Å². The number of pyridine rings is 1. The van der Waals surface area contributed by atoms with Crippen molar-refractivity contribution >= 4 is 23.1 Å². The summed E-state index contributed by atoms with van der Waals surface area (Å²) in [5, 5.41) is 0.491. The second kappa shape index (κ2) is 5.10. The Hall–Kier alpha value is -1.00. The molecule has 1 atom stereocenters. The van der Waals surface area contributed by atoms with Crippen LogP contribution in [0.1, 0.15) is 12.8 Å². The lowest BCUT2D eigenvalue weighted by Crippen LogP contribution is -2.45. The topological polar surface area (TPSA) is 45.4 Å². The van der Waals surface area contributed by atoms with Gasteiger partial charge in [-0.05, 0) is 38.6 Å². The number of anilines is 2. The Balaban J connectivity index is 2.18. The van der Waals surface area contributed by atoms with Crippen molar-refractivity contribution in [2.75, 3.05) is 37.8 Å². The molecule has 1 aliphatic heterocycles. The fraction of sp³-hybridized carbons (Fsp3) is 0.583. The summed E-state index contributed by atoms with van der Waals surface area (Å²) < 4.78 is 0. The van der Waals surface area contributed by atoms with E-state index < -0.39 is 0 Å². The molecular formula is C12H19ClN4. The molecule has 0 spiro atoms. The maximum Gasteiger partial charge on any atom is 0.153 e. The third kappa shape index (κ3) is 2.82. The zero-order valence-electron chi connectivity index (χ0n) is 10.4. The van der Waals surface area contributed by atoms with Crippen LogP contribution in [0.25, 0.3) is 0 Å². The second-order valence-corrected chi connectivity index (χ2v) is 5.10. The van der Waals surface area contributed by atoms with Crippen LogP contribution in [-0.2, 0) is 0 Å². The van der Waals surface area contributed by atoms with Crippen molar-refractivity contribution < 1.29 is 0 Å². The lowest BCUT2D eigenvalue weighted by molar-refractivity contribution is 0.247. The van der Waals surface area contributed by atoms with Gasteiger partial charge in [0.05, 0.1) is 5.69 Å². The van der Waals surface area contributed by atoms with Gasteiger partial charge in [-0.2, -0.15) is 0 Å². The van der Waals surface area contributed by atoms with E-state index in [1.165, 1.54) is 19.4 Å². The molecule has 1 aliphatic rings. The molecule has 0 radical (unpaired) electrons. The van der Waals surface area contributed by atoms with E-state index in [2.05, 4.69) is 21.8 Å². The van der Waals surface area contributed by atoms with Crippen LogP contribution < -0.4 is 10.6 Å². The summed E-state index contributed by atoms with van der Waals surface area (Å²) in [7, 11) is 4.19. The number of aromatic nitrogens is 1. The van der Waals surface area contributed by atoms with Crippen LogP contribution in [0.3, 0.4) is 0 Å². The van der Waals surface area contributed by atoms with E-state index in [-0.39, 0.29) is 0 Å². The zero-order valence-corrected chi connectivity index (χ0v) is 11.1. The maximum absolute atomic E-state index is 5.96. The predicted octanol–water partition coefficient (Wildman–Crippen LogP) is 1.85. The Bertz CT molecular complexity index is 396. The average molecular weight is 255 g/mol. The van der Waals surface area contributed by atoms with Crippen molar-refractivity contribution in [3.63, 3.8) is 0 Å². The minimum Gasteiger partial charge on any atom is -0.396 e. The van der Waals surface area contributed by atoms with Crippen molar-refractivity contribution in [3.05, 3.63) is 17.3 Å². The van der Waals surface area contributed by atoms with Gasteiger partial charge in [-0.3, -0.25) is 0 Å². The van der Waals surface area contributed by atoms with Gasteiger partial charge in [-0.15, -0.1) is 0 Å². The van der Waals surface area contributed by atoms with Crippen LogP contribution in [-0.4, -0.2) is 43.1 Å². The van der Waals surface area contributed by atoms with Crippen molar-refractivity contribution in [2.45, 2.75) is 18.9 Å². The van der Waals surface area contributed by atoms with Crippen LogP contribution >= 0.6 is 11.6 Å². The molecule has 1 aromatic rings. The van der Waals surface area contributed by atoms with E-state index in [0.29, 0.717) is 16.9 Å². The lowest BCUT2D eigenvalue weighted by atomic mass is 10.1. The molecule has 1 unspecified atom stereocenters. The molecular weight excluding hydrogens is 236 g/mol. The van der Waals surface area contributed by atoms with Gasteiger partial charge in [0, 0.05) is 19.6 Å². The predicted molar refractivity (Wildman–Crippen MR) is 72.6 cm³/mol. The summed E-state index contributed by atoms with van der Waals surface area (Å²) in [6.45, 7) is 2.22. The highest BCUT2D eigenvalue weighted by molar-refractivity contribution is 6.29. The van der Waals surface area contributed by atoms with Gasteiger partial charge in [0.25, 0.3) is 0 Å². The number of nitrogen functional groups attached to an aromatic ring is 1. The molecule has 0 bridgehead atoms. The van der Waals surface area contributed by atoms with Crippen LogP contribution in [0.4, 0.5) is 11.5 Å². The number of likely N-dealkylation sites (tertiary alicyclic amines) is 1. The summed E-state index contributed by atoms with van der Waals surface area (Å²) in [5.41, 5.74) is 6.64. The average Bonchev–Trinajstić information content (AvgIpc) is 2.31. The summed E-state index contributed by atoms with van der Waals surface area (Å²) in [5.74, 6) is 0.790. The largest absolute Gasteiger partial charge is 0.396 e. The molecule has 4 nitrogen and oxygen atoms in total. The van der Waals surface area contributed by atoms with Gasteiger partial charge >= 0.3 is 0 Å². The van der Waals surface area contributed by atoms with Crippen LogP contribution in [0.5, 0.6) is 0 Å². The lowest BCUT2D eigenvalue weighted by Gasteiger charge is -2.36. The van der Waals surface area contributed by atoms with E-state index in [1.807, 2.05) is 13.1 Å². The Labute approximate surface area is 107 Å². The number of hydrogen-bond acceptors (Lipinski definition) is 4. The monoisotopic (exact) mass is 254 g/mol. The van der Waals surface area contributed by atoms with E-state index in [9.17, 15) is 0 Å². The van der Waals surface area contributed by atoms with Crippen molar-refractivity contribution in [2.24, 2.45) is 0 Å². The number of rotatable bonds is 2. The number of hydrogen-bond donors (Lipinski definition) is 1. The SMILES string of the molecule is CN1CCCC(N(C)c2nc(Cl)ccc2N)C1. The van der Waals surface area contributed by atoms with Crippen molar-refractivity contribution in [1.29, 1.82) is 0 Å². The Kier molecular flexibility index (Phi) is 3.74. The summed E-state index contributed by atoms with van der Waals surface area (Å²) in [4.78, 5) is 8.81. The number of halogens is 1. The molecule has 2 N–H and O–H groups in total. The Morgan fingerprint density at radius 3 is 3.00 bits per heavy atom. The molecule has 17 heavy (non-hydrogen) atoms. The third-order valence-corrected chi connectivity index (χ3v) is 3.56. The highest BCUT2D eigenvalue weighted by atomic mass is 35.5. The molecule has 0 saturated carbocycles. The summed E-state index contributed by atoms with van der Waals surface area (Å²) in [6, 6.07) is 4.00. The van der Waals surface area contributed by atoms with Crippen molar-refractivity contribution in [1.82, 2.24) is 9.88 Å². The first-order valence-corrected chi connectivity index (χ1v) is 6.29. The van der Waals surface area contributed by atoms with Gasteiger partial charge in [0.2, 0.25) is 0 Å². The zero-order chi connectivity index (χ0) is 12.4. The molecule has 2 heterocycles. The first-order valence-electron chi connectivity index (χ1n) is 5.91. The quantitative estimate of drug-likeness (QED) is 0.819. The number of nitrogens with zero attached hydrogens (tertiary/aromatic N) is 3. The molecule has 0 amide bonds. The number of nitrogens with two attached hydrogens (primary N) is 1. The molecule has 5 heteroatoms. The molecule has 94 valence electrons.